The van der Waals surface area contributed by atoms with Crippen molar-refractivity contribution in [2.75, 3.05) is 26.7 Å². The molecule has 1 atom stereocenters. The number of nitrogens with zero attached hydrogens (tertiary/aromatic N) is 2. The molecule has 2 aliphatic rings. The summed E-state index contributed by atoms with van der Waals surface area (Å²) in [6, 6.07) is 0.690. The number of methoxy groups -OCH3 is 1. The Morgan fingerprint density at radius 2 is 1.89 bits per heavy atom. The number of hydrogen-bond acceptors (Lipinski definition) is 3. The van der Waals surface area contributed by atoms with Gasteiger partial charge in [0.25, 0.3) is 0 Å². The first-order chi connectivity index (χ1) is 8.72. The molecule has 0 aliphatic carbocycles. The molecule has 2 heterocycles. The summed E-state index contributed by atoms with van der Waals surface area (Å²) in [4.78, 5) is 7.23. The fraction of sp³-hybridized carbons (Fsp3) is 0.933. The molecule has 0 saturated carbocycles. The molecule has 0 amide bonds. The van der Waals surface area contributed by atoms with Crippen LogP contribution >= 0.6 is 0 Å². The van der Waals surface area contributed by atoms with Crippen molar-refractivity contribution in [3.63, 3.8) is 0 Å². The van der Waals surface area contributed by atoms with E-state index in [-0.39, 0.29) is 0 Å². The van der Waals surface area contributed by atoms with E-state index in [4.69, 9.17) is 4.74 Å². The minimum absolute atomic E-state index is 0.590. The molecule has 2 aliphatic heterocycles. The SMILES string of the molecule is COC1=NCCCCC1C1CCN(C(C)C)CC1. The first-order valence-corrected chi connectivity index (χ1v) is 7.54. The molecule has 0 aromatic carbocycles. The standard InChI is InChI=1S/C15H28N2O/c1-12(2)17-10-7-13(8-11-17)14-6-4-5-9-16-15(14)18-3/h12-14H,4-11H2,1-3H3. The summed E-state index contributed by atoms with van der Waals surface area (Å²) in [5, 5.41) is 0. The zero-order chi connectivity index (χ0) is 13.0. The lowest BCUT2D eigenvalue weighted by atomic mass is 9.81. The molecule has 1 fully saturated rings. The van der Waals surface area contributed by atoms with Crippen molar-refractivity contribution in [3.8, 4) is 0 Å². The van der Waals surface area contributed by atoms with Gasteiger partial charge in [-0.2, -0.15) is 0 Å². The number of likely N-dealkylation sites (tertiary alicyclic amines) is 1. The second-order valence-corrected chi connectivity index (χ2v) is 5.99. The fourth-order valence-corrected chi connectivity index (χ4v) is 3.40. The molecule has 3 nitrogen and oxygen atoms in total. The van der Waals surface area contributed by atoms with Crippen molar-refractivity contribution in [2.24, 2.45) is 16.8 Å². The molecule has 1 saturated heterocycles. The molecule has 0 spiro atoms. The number of piperidine rings is 1. The van der Waals surface area contributed by atoms with E-state index < -0.39 is 0 Å². The highest BCUT2D eigenvalue weighted by Crippen LogP contribution is 2.32. The van der Waals surface area contributed by atoms with Gasteiger partial charge in [-0.05, 0) is 58.5 Å². The predicted molar refractivity (Wildman–Crippen MR) is 76.1 cm³/mol. The minimum Gasteiger partial charge on any atom is -0.484 e. The lowest BCUT2D eigenvalue weighted by Gasteiger charge is -2.37. The number of hydrogen-bond donors (Lipinski definition) is 0. The third kappa shape index (κ3) is 3.25. The summed E-state index contributed by atoms with van der Waals surface area (Å²) < 4.78 is 5.55. The number of ether oxygens (including phenoxy) is 1. The van der Waals surface area contributed by atoms with Gasteiger partial charge in [-0.25, -0.2) is 0 Å². The molecule has 0 radical (unpaired) electrons. The smallest absolute Gasteiger partial charge is 0.186 e. The van der Waals surface area contributed by atoms with E-state index >= 15 is 0 Å². The molecular weight excluding hydrogens is 224 g/mol. The van der Waals surface area contributed by atoms with Gasteiger partial charge in [0.2, 0.25) is 0 Å². The van der Waals surface area contributed by atoms with Gasteiger partial charge in [0.05, 0.1) is 7.11 Å². The summed E-state index contributed by atoms with van der Waals surface area (Å²) >= 11 is 0. The van der Waals surface area contributed by atoms with E-state index in [9.17, 15) is 0 Å². The molecule has 0 N–H and O–H groups in total. The van der Waals surface area contributed by atoms with Crippen LogP contribution in [0.2, 0.25) is 0 Å². The summed E-state index contributed by atoms with van der Waals surface area (Å²) in [5.41, 5.74) is 0. The third-order valence-electron chi connectivity index (χ3n) is 4.59. The lowest BCUT2D eigenvalue weighted by molar-refractivity contribution is 0.127. The van der Waals surface area contributed by atoms with E-state index in [2.05, 4.69) is 23.7 Å². The Labute approximate surface area is 112 Å². The maximum absolute atomic E-state index is 5.55. The normalized spacial score (nSPS) is 28.0. The van der Waals surface area contributed by atoms with Gasteiger partial charge in [-0.15, -0.1) is 0 Å². The van der Waals surface area contributed by atoms with Crippen LogP contribution in [-0.4, -0.2) is 43.6 Å². The van der Waals surface area contributed by atoms with E-state index in [1.54, 1.807) is 7.11 Å². The Bertz CT molecular complexity index is 280. The van der Waals surface area contributed by atoms with Crippen LogP contribution in [0.15, 0.2) is 4.99 Å². The topological polar surface area (TPSA) is 24.8 Å². The predicted octanol–water partition coefficient (Wildman–Crippen LogP) is 2.95. The molecule has 104 valence electrons. The summed E-state index contributed by atoms with van der Waals surface area (Å²) in [5.74, 6) is 2.42. The van der Waals surface area contributed by atoms with Crippen LogP contribution in [0.5, 0.6) is 0 Å². The first-order valence-electron chi connectivity index (χ1n) is 7.54. The molecular formula is C15H28N2O. The van der Waals surface area contributed by atoms with Crippen LogP contribution in [0, 0.1) is 11.8 Å². The average Bonchev–Trinajstić information content (AvgIpc) is 2.63. The number of rotatable bonds is 2. The maximum atomic E-state index is 5.55. The van der Waals surface area contributed by atoms with Crippen LogP contribution in [-0.2, 0) is 4.74 Å². The van der Waals surface area contributed by atoms with Crippen molar-refractivity contribution >= 4 is 5.90 Å². The molecule has 0 bridgehead atoms. The highest BCUT2D eigenvalue weighted by atomic mass is 16.5. The average molecular weight is 252 g/mol. The molecule has 18 heavy (non-hydrogen) atoms. The maximum Gasteiger partial charge on any atom is 0.186 e. The second kappa shape index (κ2) is 6.55. The van der Waals surface area contributed by atoms with Gasteiger partial charge in [0.15, 0.2) is 5.90 Å². The molecule has 0 aromatic rings. The molecule has 1 unspecified atom stereocenters. The summed E-state index contributed by atoms with van der Waals surface area (Å²) in [6.07, 6.45) is 6.44. The quantitative estimate of drug-likeness (QED) is 0.755. The Morgan fingerprint density at radius 1 is 1.17 bits per heavy atom. The van der Waals surface area contributed by atoms with Gasteiger partial charge in [-0.3, -0.25) is 4.99 Å². The summed E-state index contributed by atoms with van der Waals surface area (Å²) in [7, 11) is 1.79. The van der Waals surface area contributed by atoms with Gasteiger partial charge < -0.3 is 9.64 Å². The van der Waals surface area contributed by atoms with Crippen LogP contribution in [0.1, 0.15) is 46.0 Å². The van der Waals surface area contributed by atoms with E-state index in [0.717, 1.165) is 18.4 Å². The van der Waals surface area contributed by atoms with Crippen molar-refractivity contribution in [1.29, 1.82) is 0 Å². The Balaban J connectivity index is 1.94. The van der Waals surface area contributed by atoms with E-state index in [0.29, 0.717) is 12.0 Å². The zero-order valence-corrected chi connectivity index (χ0v) is 12.2. The highest BCUT2D eigenvalue weighted by molar-refractivity contribution is 5.79. The van der Waals surface area contributed by atoms with Crippen LogP contribution < -0.4 is 0 Å². The van der Waals surface area contributed by atoms with Crippen molar-refractivity contribution in [3.05, 3.63) is 0 Å². The second-order valence-electron chi connectivity index (χ2n) is 5.99. The van der Waals surface area contributed by atoms with Gasteiger partial charge in [0, 0.05) is 18.5 Å². The Hall–Kier alpha value is -0.570. The van der Waals surface area contributed by atoms with Gasteiger partial charge >= 0.3 is 0 Å². The number of aliphatic imine (C=N–C) groups is 1. The van der Waals surface area contributed by atoms with Crippen molar-refractivity contribution in [1.82, 2.24) is 4.90 Å². The van der Waals surface area contributed by atoms with E-state index in [1.807, 2.05) is 0 Å². The monoisotopic (exact) mass is 252 g/mol. The fourth-order valence-electron chi connectivity index (χ4n) is 3.40. The zero-order valence-electron chi connectivity index (χ0n) is 12.2. The summed E-state index contributed by atoms with van der Waals surface area (Å²) in [6.45, 7) is 8.05. The molecule has 0 aromatic heterocycles. The molecule has 3 heteroatoms. The van der Waals surface area contributed by atoms with Gasteiger partial charge in [0.1, 0.15) is 0 Å². The largest absolute Gasteiger partial charge is 0.484 e. The van der Waals surface area contributed by atoms with Crippen molar-refractivity contribution in [2.45, 2.75) is 52.0 Å². The molecule has 2 rings (SSSR count). The van der Waals surface area contributed by atoms with Crippen molar-refractivity contribution < 1.29 is 4.74 Å². The Kier molecular flexibility index (Phi) is 5.04. The van der Waals surface area contributed by atoms with Crippen LogP contribution in [0.4, 0.5) is 0 Å². The third-order valence-corrected chi connectivity index (χ3v) is 4.59. The lowest BCUT2D eigenvalue weighted by Crippen LogP contribution is -2.41. The van der Waals surface area contributed by atoms with Gasteiger partial charge in [-0.1, -0.05) is 6.42 Å². The first kappa shape index (κ1) is 13.9. The van der Waals surface area contributed by atoms with E-state index in [1.165, 1.54) is 45.2 Å². The minimum atomic E-state index is 0.590. The van der Waals surface area contributed by atoms with Crippen LogP contribution in [0.25, 0.3) is 0 Å². The Morgan fingerprint density at radius 3 is 2.50 bits per heavy atom. The highest BCUT2D eigenvalue weighted by Gasteiger charge is 2.31. The van der Waals surface area contributed by atoms with Crippen LogP contribution in [0.3, 0.4) is 0 Å².